The Morgan fingerprint density at radius 3 is 2.42 bits per heavy atom. The first-order valence-corrected chi connectivity index (χ1v) is 12.6. The lowest BCUT2D eigenvalue weighted by atomic mass is 9.88. The molecule has 4 rings (SSSR count). The molecular weight excluding hydrogens is 522 g/mol. The highest BCUT2D eigenvalue weighted by atomic mass is 79.9. The molecule has 1 heterocycles. The molecule has 0 bridgehead atoms. The molecule has 3 aromatic rings. The average Bonchev–Trinajstić information content (AvgIpc) is 3.05. The summed E-state index contributed by atoms with van der Waals surface area (Å²) in [6.45, 7) is 6.56. The number of nitrogens with zero attached hydrogens (tertiary/aromatic N) is 1. The maximum Gasteiger partial charge on any atom is 0.264 e. The Kier molecular flexibility index (Phi) is 7.25. The van der Waals surface area contributed by atoms with Crippen molar-refractivity contribution in [3.63, 3.8) is 0 Å². The molecule has 1 N–H and O–H groups in total. The van der Waals surface area contributed by atoms with Crippen molar-refractivity contribution in [2.24, 2.45) is 0 Å². The predicted octanol–water partition coefficient (Wildman–Crippen LogP) is 5.91. The number of ketones is 1. The zero-order valence-corrected chi connectivity index (χ0v) is 22.7. The van der Waals surface area contributed by atoms with Crippen molar-refractivity contribution in [2.45, 2.75) is 45.3 Å². The van der Waals surface area contributed by atoms with Crippen LogP contribution in [0.4, 0.5) is 5.69 Å². The molecule has 0 saturated carbocycles. The molecule has 0 aromatic heterocycles. The van der Waals surface area contributed by atoms with Crippen LogP contribution in [0.1, 0.15) is 58.8 Å². The Morgan fingerprint density at radius 1 is 1.03 bits per heavy atom. The smallest absolute Gasteiger partial charge is 0.264 e. The molecule has 7 heteroatoms. The van der Waals surface area contributed by atoms with Crippen molar-refractivity contribution in [3.8, 4) is 11.5 Å². The van der Waals surface area contributed by atoms with Gasteiger partial charge in [-0.1, -0.05) is 48.0 Å². The average molecular weight is 552 g/mol. The summed E-state index contributed by atoms with van der Waals surface area (Å²) in [6, 6.07) is 16.4. The normalized spacial score (nSPS) is 16.9. The van der Waals surface area contributed by atoms with Crippen LogP contribution in [0.15, 0.2) is 59.1 Å². The van der Waals surface area contributed by atoms with Crippen LogP contribution in [0.3, 0.4) is 0 Å². The Labute approximate surface area is 220 Å². The van der Waals surface area contributed by atoms with Gasteiger partial charge in [-0.25, -0.2) is 0 Å². The van der Waals surface area contributed by atoms with Crippen molar-refractivity contribution in [2.75, 3.05) is 19.1 Å². The third kappa shape index (κ3) is 4.65. The summed E-state index contributed by atoms with van der Waals surface area (Å²) >= 11 is 3.45. The van der Waals surface area contributed by atoms with Gasteiger partial charge in [-0.15, -0.1) is 0 Å². The van der Waals surface area contributed by atoms with E-state index >= 15 is 0 Å². The third-order valence-electron chi connectivity index (χ3n) is 6.78. The second-order valence-corrected chi connectivity index (χ2v) is 10.3. The number of aryl methyl sites for hydroxylation is 1. The van der Waals surface area contributed by atoms with Crippen LogP contribution in [-0.2, 0) is 16.9 Å². The van der Waals surface area contributed by atoms with Gasteiger partial charge >= 0.3 is 0 Å². The number of hydrogen-bond acceptors (Lipinski definition) is 5. The quantitative estimate of drug-likeness (QED) is 0.352. The predicted molar refractivity (Wildman–Crippen MR) is 143 cm³/mol. The van der Waals surface area contributed by atoms with E-state index in [1.807, 2.05) is 13.0 Å². The third-order valence-corrected chi connectivity index (χ3v) is 7.28. The molecule has 188 valence electrons. The van der Waals surface area contributed by atoms with Gasteiger partial charge in [-0.3, -0.25) is 9.59 Å². The van der Waals surface area contributed by atoms with Crippen LogP contribution >= 0.6 is 15.9 Å². The molecular formula is C29H30BrNO5. The fourth-order valence-corrected chi connectivity index (χ4v) is 4.95. The van der Waals surface area contributed by atoms with Gasteiger partial charge in [0.1, 0.15) is 0 Å². The fraction of sp³-hybridized carbons (Fsp3) is 0.310. The van der Waals surface area contributed by atoms with Crippen molar-refractivity contribution in [3.05, 3.63) is 86.9 Å². The lowest BCUT2D eigenvalue weighted by Gasteiger charge is -2.24. The van der Waals surface area contributed by atoms with Gasteiger partial charge in [-0.05, 0) is 65.9 Å². The molecule has 0 spiro atoms. The second-order valence-electron chi connectivity index (χ2n) is 9.42. The Hall–Kier alpha value is -3.16. The number of aliphatic hydroxyl groups is 1. The number of amides is 1. The minimum Gasteiger partial charge on any atom is -0.493 e. The van der Waals surface area contributed by atoms with E-state index in [4.69, 9.17) is 9.47 Å². The van der Waals surface area contributed by atoms with Crippen LogP contribution in [0.5, 0.6) is 11.5 Å². The topological polar surface area (TPSA) is 76.1 Å². The van der Waals surface area contributed by atoms with Crippen LogP contribution in [0.25, 0.3) is 0 Å². The van der Waals surface area contributed by atoms with Gasteiger partial charge < -0.3 is 19.5 Å². The second kappa shape index (κ2) is 10.1. The van der Waals surface area contributed by atoms with E-state index in [-0.39, 0.29) is 5.78 Å². The number of anilines is 1. The van der Waals surface area contributed by atoms with Gasteiger partial charge in [0.15, 0.2) is 22.9 Å². The summed E-state index contributed by atoms with van der Waals surface area (Å²) in [6.07, 6.45) is -0.397. The van der Waals surface area contributed by atoms with E-state index in [2.05, 4.69) is 48.0 Å². The molecule has 0 radical (unpaired) electrons. The number of ether oxygens (including phenoxy) is 2. The molecule has 0 saturated heterocycles. The minimum absolute atomic E-state index is 0.298. The number of rotatable bonds is 8. The highest BCUT2D eigenvalue weighted by molar-refractivity contribution is 9.10. The molecule has 0 unspecified atom stereocenters. The van der Waals surface area contributed by atoms with E-state index in [9.17, 15) is 14.7 Å². The van der Waals surface area contributed by atoms with Crippen molar-refractivity contribution < 1.29 is 24.2 Å². The molecule has 0 fully saturated rings. The van der Waals surface area contributed by atoms with Gasteiger partial charge in [0.25, 0.3) is 5.91 Å². The number of fused-ring (bicyclic) bond motifs is 1. The van der Waals surface area contributed by atoms with E-state index < -0.39 is 17.9 Å². The number of Topliss-reactive ketones (excluding diaryl/α,β-unsaturated/α-hetero) is 1. The van der Waals surface area contributed by atoms with Crippen molar-refractivity contribution in [1.82, 2.24) is 0 Å². The van der Waals surface area contributed by atoms with Crippen LogP contribution in [-0.4, -0.2) is 31.0 Å². The lowest BCUT2D eigenvalue weighted by Crippen LogP contribution is -2.41. The van der Waals surface area contributed by atoms with Crippen molar-refractivity contribution in [1.29, 1.82) is 0 Å². The largest absolute Gasteiger partial charge is 0.493 e. The minimum atomic E-state index is -1.99. The van der Waals surface area contributed by atoms with E-state index in [1.54, 1.807) is 35.2 Å². The fourth-order valence-electron chi connectivity index (χ4n) is 4.59. The number of methoxy groups -OCH3 is 2. The van der Waals surface area contributed by atoms with Crippen LogP contribution < -0.4 is 14.4 Å². The zero-order valence-electron chi connectivity index (χ0n) is 21.1. The van der Waals surface area contributed by atoms with Gasteiger partial charge in [-0.2, -0.15) is 0 Å². The molecule has 6 nitrogen and oxygen atoms in total. The monoisotopic (exact) mass is 551 g/mol. The highest BCUT2D eigenvalue weighted by Crippen LogP contribution is 2.45. The maximum atomic E-state index is 13.8. The summed E-state index contributed by atoms with van der Waals surface area (Å²) < 4.78 is 11.3. The number of halogens is 1. The molecule has 3 aromatic carbocycles. The van der Waals surface area contributed by atoms with E-state index in [1.165, 1.54) is 19.8 Å². The highest BCUT2D eigenvalue weighted by Gasteiger charge is 2.51. The molecule has 1 amide bonds. The first-order valence-electron chi connectivity index (χ1n) is 11.8. The number of carbonyl (C=O) groups excluding carboxylic acids is 2. The van der Waals surface area contributed by atoms with Gasteiger partial charge in [0, 0.05) is 15.6 Å². The lowest BCUT2D eigenvalue weighted by molar-refractivity contribution is -0.136. The molecule has 1 atom stereocenters. The van der Waals surface area contributed by atoms with Crippen LogP contribution in [0, 0.1) is 6.92 Å². The Morgan fingerprint density at radius 2 is 1.75 bits per heavy atom. The standard InChI is InChI=1S/C29H30BrNO5/c1-17(2)19-7-6-18(3)21(12-19)16-31-24-10-9-22(30)14-23(24)29(34,28(31)33)15-25(32)20-8-11-26(35-4)27(13-20)36-5/h6-14,17,34H,15-16H2,1-5H3/t29-/m1/s1. The first-order chi connectivity index (χ1) is 17.1. The van der Waals surface area contributed by atoms with Crippen LogP contribution in [0.2, 0.25) is 0 Å². The number of benzene rings is 3. The SMILES string of the molecule is COc1ccc(C(=O)C[C@]2(O)C(=O)N(Cc3cc(C(C)C)ccc3C)c3ccc(Br)cc32)cc1OC. The van der Waals surface area contributed by atoms with Gasteiger partial charge in [0.05, 0.1) is 32.9 Å². The zero-order chi connectivity index (χ0) is 26.2. The van der Waals surface area contributed by atoms with E-state index in [0.717, 1.165) is 11.1 Å². The Bertz CT molecular complexity index is 1340. The van der Waals surface area contributed by atoms with Gasteiger partial charge in [0.2, 0.25) is 0 Å². The summed E-state index contributed by atoms with van der Waals surface area (Å²) in [5, 5.41) is 11.8. The summed E-state index contributed by atoms with van der Waals surface area (Å²) in [4.78, 5) is 28.7. The summed E-state index contributed by atoms with van der Waals surface area (Å²) in [7, 11) is 3.00. The molecule has 1 aliphatic heterocycles. The molecule has 1 aliphatic rings. The number of carbonyl (C=O) groups is 2. The van der Waals surface area contributed by atoms with E-state index in [0.29, 0.717) is 45.2 Å². The molecule has 0 aliphatic carbocycles. The molecule has 36 heavy (non-hydrogen) atoms. The first kappa shape index (κ1) is 25.9. The summed E-state index contributed by atoms with van der Waals surface area (Å²) in [5.41, 5.74) is 2.57. The Balaban J connectivity index is 1.71. The maximum absolute atomic E-state index is 13.8. The summed E-state index contributed by atoms with van der Waals surface area (Å²) in [5.74, 6) is 0.344. The number of hydrogen-bond donors (Lipinski definition) is 1. The van der Waals surface area contributed by atoms with Crippen molar-refractivity contribution >= 4 is 33.3 Å².